The van der Waals surface area contributed by atoms with Gasteiger partial charge in [0.2, 0.25) is 5.91 Å². The number of amides is 1. The summed E-state index contributed by atoms with van der Waals surface area (Å²) in [6, 6.07) is 3.43. The molecule has 1 aromatic carbocycles. The maximum absolute atomic E-state index is 10.8. The number of nitrogens with two attached hydrogens (primary N) is 1. The summed E-state index contributed by atoms with van der Waals surface area (Å²) < 4.78 is 0. The predicted molar refractivity (Wildman–Crippen MR) is 63.1 cm³/mol. The quantitative estimate of drug-likeness (QED) is 0.710. The van der Waals surface area contributed by atoms with Gasteiger partial charge in [0.25, 0.3) is 0 Å². The molecule has 1 unspecified atom stereocenters. The molecule has 1 aromatic rings. The number of phenolic OH excluding ortho intramolecular Hbond substituents is 1. The molecule has 16 heavy (non-hydrogen) atoms. The number of carbonyl (C=O) groups is 1. The Bertz CT molecular complexity index is 379. The molecular formula is C12H18N2O2. The predicted octanol–water partition coefficient (Wildman–Crippen LogP) is 0.972. The van der Waals surface area contributed by atoms with Gasteiger partial charge in [0.15, 0.2) is 0 Å². The molecule has 0 heterocycles. The minimum absolute atomic E-state index is 0.326. The first-order valence-corrected chi connectivity index (χ1v) is 5.23. The van der Waals surface area contributed by atoms with E-state index in [-0.39, 0.29) is 11.9 Å². The first-order valence-electron chi connectivity index (χ1n) is 5.23. The van der Waals surface area contributed by atoms with Gasteiger partial charge >= 0.3 is 0 Å². The van der Waals surface area contributed by atoms with E-state index in [0.717, 1.165) is 16.7 Å². The van der Waals surface area contributed by atoms with Gasteiger partial charge in [0.05, 0.1) is 6.04 Å². The molecule has 0 aromatic heterocycles. The van der Waals surface area contributed by atoms with Crippen LogP contribution in [0.2, 0.25) is 0 Å². The van der Waals surface area contributed by atoms with Gasteiger partial charge in [0, 0.05) is 6.54 Å². The van der Waals surface area contributed by atoms with Crippen LogP contribution in [-0.4, -0.2) is 17.1 Å². The highest BCUT2D eigenvalue weighted by Gasteiger charge is 2.08. The third-order valence-electron chi connectivity index (χ3n) is 2.59. The van der Waals surface area contributed by atoms with E-state index in [1.54, 1.807) is 6.92 Å². The van der Waals surface area contributed by atoms with Crippen LogP contribution >= 0.6 is 0 Å². The Morgan fingerprint density at radius 3 is 2.38 bits per heavy atom. The van der Waals surface area contributed by atoms with Crippen LogP contribution in [0.4, 0.5) is 0 Å². The molecule has 1 rings (SSSR count). The largest absolute Gasteiger partial charge is 0.507 e. The minimum atomic E-state index is -0.368. The van der Waals surface area contributed by atoms with Crippen molar-refractivity contribution in [3.05, 3.63) is 28.8 Å². The van der Waals surface area contributed by atoms with Crippen LogP contribution in [0.25, 0.3) is 0 Å². The van der Waals surface area contributed by atoms with Crippen molar-refractivity contribution in [2.24, 2.45) is 5.73 Å². The molecule has 0 fully saturated rings. The van der Waals surface area contributed by atoms with Gasteiger partial charge in [-0.1, -0.05) is 12.1 Å². The van der Waals surface area contributed by atoms with Crippen LogP contribution in [0.1, 0.15) is 23.6 Å². The minimum Gasteiger partial charge on any atom is -0.507 e. The van der Waals surface area contributed by atoms with E-state index in [2.05, 4.69) is 5.32 Å². The summed E-state index contributed by atoms with van der Waals surface area (Å²) in [7, 11) is 0. The average molecular weight is 222 g/mol. The fraction of sp³-hybridized carbons (Fsp3) is 0.417. The van der Waals surface area contributed by atoms with Crippen molar-refractivity contribution in [3.63, 3.8) is 0 Å². The first-order chi connectivity index (χ1) is 7.41. The monoisotopic (exact) mass is 222 g/mol. The summed E-state index contributed by atoms with van der Waals surface area (Å²) >= 11 is 0. The first kappa shape index (κ1) is 12.5. The van der Waals surface area contributed by atoms with E-state index < -0.39 is 0 Å². The van der Waals surface area contributed by atoms with Gasteiger partial charge in [-0.05, 0) is 37.5 Å². The number of phenols is 1. The molecule has 0 saturated carbocycles. The van der Waals surface area contributed by atoms with Crippen LogP contribution in [-0.2, 0) is 11.3 Å². The number of primary amides is 1. The Balaban J connectivity index is 2.72. The number of hydrogen-bond donors (Lipinski definition) is 3. The number of carbonyl (C=O) groups excluding carboxylic acids is 1. The number of benzene rings is 1. The third-order valence-corrected chi connectivity index (χ3v) is 2.59. The van der Waals surface area contributed by atoms with E-state index in [1.807, 2.05) is 26.0 Å². The Kier molecular flexibility index (Phi) is 3.90. The Morgan fingerprint density at radius 2 is 1.94 bits per heavy atom. The van der Waals surface area contributed by atoms with Gasteiger partial charge in [-0.25, -0.2) is 0 Å². The highest BCUT2D eigenvalue weighted by Crippen LogP contribution is 2.22. The molecule has 0 aliphatic rings. The van der Waals surface area contributed by atoms with E-state index in [0.29, 0.717) is 12.3 Å². The fourth-order valence-electron chi connectivity index (χ4n) is 1.52. The number of aryl methyl sites for hydroxylation is 2. The van der Waals surface area contributed by atoms with Crippen molar-refractivity contribution >= 4 is 5.91 Å². The maximum Gasteiger partial charge on any atom is 0.234 e. The summed E-state index contributed by atoms with van der Waals surface area (Å²) in [5.41, 5.74) is 7.84. The van der Waals surface area contributed by atoms with Crippen molar-refractivity contribution in [3.8, 4) is 5.75 Å². The van der Waals surface area contributed by atoms with Crippen molar-refractivity contribution in [1.29, 1.82) is 0 Å². The van der Waals surface area contributed by atoms with Crippen molar-refractivity contribution < 1.29 is 9.90 Å². The van der Waals surface area contributed by atoms with E-state index in [4.69, 9.17) is 5.73 Å². The molecule has 0 saturated heterocycles. The van der Waals surface area contributed by atoms with E-state index in [9.17, 15) is 9.90 Å². The fourth-order valence-corrected chi connectivity index (χ4v) is 1.52. The molecule has 1 atom stereocenters. The lowest BCUT2D eigenvalue weighted by molar-refractivity contribution is -0.119. The summed E-state index contributed by atoms with van der Waals surface area (Å²) in [5.74, 6) is -0.0427. The number of aromatic hydroxyl groups is 1. The normalized spacial score (nSPS) is 12.4. The summed E-state index contributed by atoms with van der Waals surface area (Å²) in [5, 5.41) is 12.6. The molecule has 0 aliphatic heterocycles. The lowest BCUT2D eigenvalue weighted by Gasteiger charge is -2.12. The average Bonchev–Trinajstić information content (AvgIpc) is 2.22. The number of nitrogens with one attached hydrogen (secondary N) is 1. The van der Waals surface area contributed by atoms with Gasteiger partial charge in [0.1, 0.15) is 5.75 Å². The molecular weight excluding hydrogens is 204 g/mol. The van der Waals surface area contributed by atoms with Crippen LogP contribution in [0, 0.1) is 13.8 Å². The van der Waals surface area contributed by atoms with E-state index >= 15 is 0 Å². The molecule has 4 nitrogen and oxygen atoms in total. The van der Waals surface area contributed by atoms with Crippen molar-refractivity contribution in [1.82, 2.24) is 5.32 Å². The molecule has 88 valence electrons. The molecule has 0 spiro atoms. The highest BCUT2D eigenvalue weighted by molar-refractivity contribution is 5.79. The summed E-state index contributed by atoms with van der Waals surface area (Å²) in [6.45, 7) is 5.99. The molecule has 4 heteroatoms. The standard InChI is InChI=1S/C12H18N2O2/c1-7-4-10(5-8(2)11(7)15)6-14-9(3)12(13)16/h4-5,9,14-15H,6H2,1-3H3,(H2,13,16). The third kappa shape index (κ3) is 2.97. The lowest BCUT2D eigenvalue weighted by atomic mass is 10.1. The number of hydrogen-bond acceptors (Lipinski definition) is 3. The van der Waals surface area contributed by atoms with Crippen LogP contribution in [0.15, 0.2) is 12.1 Å². The second-order valence-electron chi connectivity index (χ2n) is 4.08. The number of rotatable bonds is 4. The maximum atomic E-state index is 10.8. The summed E-state index contributed by atoms with van der Waals surface area (Å²) in [4.78, 5) is 10.8. The smallest absolute Gasteiger partial charge is 0.234 e. The zero-order chi connectivity index (χ0) is 12.3. The molecule has 0 aliphatic carbocycles. The van der Waals surface area contributed by atoms with Crippen LogP contribution < -0.4 is 11.1 Å². The van der Waals surface area contributed by atoms with Crippen molar-refractivity contribution in [2.75, 3.05) is 0 Å². The molecule has 0 radical (unpaired) electrons. The second kappa shape index (κ2) is 4.99. The van der Waals surface area contributed by atoms with Gasteiger partial charge in [-0.2, -0.15) is 0 Å². The Hall–Kier alpha value is -1.55. The topological polar surface area (TPSA) is 75.3 Å². The summed E-state index contributed by atoms with van der Waals surface area (Å²) in [6.07, 6.45) is 0. The second-order valence-corrected chi connectivity index (χ2v) is 4.08. The zero-order valence-corrected chi connectivity index (χ0v) is 9.87. The highest BCUT2D eigenvalue weighted by atomic mass is 16.3. The Morgan fingerprint density at radius 1 is 1.44 bits per heavy atom. The van der Waals surface area contributed by atoms with E-state index in [1.165, 1.54) is 0 Å². The Labute approximate surface area is 95.5 Å². The zero-order valence-electron chi connectivity index (χ0n) is 9.87. The molecule has 4 N–H and O–H groups in total. The van der Waals surface area contributed by atoms with Gasteiger partial charge < -0.3 is 16.2 Å². The molecule has 0 bridgehead atoms. The van der Waals surface area contributed by atoms with Crippen LogP contribution in [0.3, 0.4) is 0 Å². The van der Waals surface area contributed by atoms with Gasteiger partial charge in [-0.3, -0.25) is 4.79 Å². The van der Waals surface area contributed by atoms with Crippen LogP contribution in [0.5, 0.6) is 5.75 Å². The molecule has 1 amide bonds. The lowest BCUT2D eigenvalue weighted by Crippen LogP contribution is -2.38. The SMILES string of the molecule is Cc1cc(CNC(C)C(N)=O)cc(C)c1O. The van der Waals surface area contributed by atoms with Crippen molar-refractivity contribution in [2.45, 2.75) is 33.4 Å². The van der Waals surface area contributed by atoms with Gasteiger partial charge in [-0.15, -0.1) is 0 Å².